The summed E-state index contributed by atoms with van der Waals surface area (Å²) in [4.78, 5) is 22.2. The predicted molar refractivity (Wildman–Crippen MR) is 135 cm³/mol. The number of nitro groups is 2. The summed E-state index contributed by atoms with van der Waals surface area (Å²) < 4.78 is 11.5. The lowest BCUT2D eigenvalue weighted by atomic mass is 10.1. The molecule has 0 heterocycles. The Morgan fingerprint density at radius 3 is 1.32 bits per heavy atom. The number of fused-ring (bicyclic) bond motifs is 1. The van der Waals surface area contributed by atoms with Gasteiger partial charge < -0.3 is 9.47 Å². The second-order valence-corrected chi connectivity index (χ2v) is 8.73. The molecule has 188 valence electrons. The van der Waals surface area contributed by atoms with E-state index in [9.17, 15) is 20.2 Å². The smallest absolute Gasteiger partial charge is 0.311 e. The number of unbranched alkanes of at least 4 members (excludes halogenated alkanes) is 10. The van der Waals surface area contributed by atoms with E-state index in [-0.39, 0.29) is 22.9 Å². The minimum atomic E-state index is -0.509. The normalized spacial score (nSPS) is 11.0. The highest BCUT2D eigenvalue weighted by atomic mass is 16.6. The minimum absolute atomic E-state index is 0.182. The van der Waals surface area contributed by atoms with Crippen molar-refractivity contribution in [2.75, 3.05) is 13.2 Å². The van der Waals surface area contributed by atoms with Gasteiger partial charge in [-0.1, -0.05) is 78.1 Å². The van der Waals surface area contributed by atoms with Gasteiger partial charge in [0.25, 0.3) is 0 Å². The van der Waals surface area contributed by atoms with Crippen molar-refractivity contribution in [2.24, 2.45) is 0 Å². The Balaban J connectivity index is 2.12. The van der Waals surface area contributed by atoms with Crippen LogP contribution in [0, 0.1) is 20.2 Å². The maximum atomic E-state index is 11.6. The highest BCUT2D eigenvalue weighted by Crippen LogP contribution is 2.38. The molecule has 0 unspecified atom stereocenters. The van der Waals surface area contributed by atoms with E-state index in [0.29, 0.717) is 24.0 Å². The van der Waals surface area contributed by atoms with Crippen molar-refractivity contribution in [2.45, 2.75) is 90.9 Å². The third-order valence-corrected chi connectivity index (χ3v) is 5.90. The van der Waals surface area contributed by atoms with E-state index in [1.165, 1.54) is 50.7 Å². The first-order valence-corrected chi connectivity index (χ1v) is 12.6. The molecular formula is C26H38N2O6. The maximum Gasteiger partial charge on any atom is 0.311 e. The largest absolute Gasteiger partial charge is 0.487 e. The first-order valence-electron chi connectivity index (χ1n) is 12.6. The molecule has 8 nitrogen and oxygen atoms in total. The molecule has 0 aromatic heterocycles. The zero-order valence-electron chi connectivity index (χ0n) is 20.6. The summed E-state index contributed by atoms with van der Waals surface area (Å²) in [5.41, 5.74) is -0.373. The lowest BCUT2D eigenvalue weighted by Gasteiger charge is -2.11. The Hall–Kier alpha value is -2.90. The molecule has 0 aliphatic rings. The highest BCUT2D eigenvalue weighted by molar-refractivity contribution is 5.91. The zero-order valence-corrected chi connectivity index (χ0v) is 20.6. The van der Waals surface area contributed by atoms with Gasteiger partial charge in [-0.3, -0.25) is 20.2 Å². The van der Waals surface area contributed by atoms with Crippen LogP contribution in [0.2, 0.25) is 0 Å². The van der Waals surface area contributed by atoms with Gasteiger partial charge in [-0.25, -0.2) is 0 Å². The average Bonchev–Trinajstić information content (AvgIpc) is 2.81. The summed E-state index contributed by atoms with van der Waals surface area (Å²) in [6.07, 6.45) is 13.1. The number of nitrogens with zero attached hydrogens (tertiary/aromatic N) is 2. The second-order valence-electron chi connectivity index (χ2n) is 8.73. The van der Waals surface area contributed by atoms with Gasteiger partial charge in [0, 0.05) is 12.1 Å². The molecule has 2 aromatic rings. The SMILES string of the molecule is CCCCCCCCOc1cc2cc(OCCCCCCCC)c([N+](=O)[O-])cc2cc1[N+](=O)[O-]. The third-order valence-electron chi connectivity index (χ3n) is 5.90. The molecule has 0 saturated heterocycles. The van der Waals surface area contributed by atoms with E-state index in [1.54, 1.807) is 12.1 Å². The van der Waals surface area contributed by atoms with E-state index in [0.717, 1.165) is 38.5 Å². The lowest BCUT2D eigenvalue weighted by Crippen LogP contribution is -2.03. The van der Waals surface area contributed by atoms with Crippen molar-refractivity contribution in [3.63, 3.8) is 0 Å². The molecule has 0 aliphatic heterocycles. The number of ether oxygens (including phenoxy) is 2. The minimum Gasteiger partial charge on any atom is -0.487 e. The van der Waals surface area contributed by atoms with Crippen molar-refractivity contribution in [1.82, 2.24) is 0 Å². The summed E-state index contributed by atoms with van der Waals surface area (Å²) >= 11 is 0. The highest BCUT2D eigenvalue weighted by Gasteiger charge is 2.22. The number of benzene rings is 2. The van der Waals surface area contributed by atoms with Crippen LogP contribution in [-0.2, 0) is 0 Å². The number of rotatable bonds is 18. The van der Waals surface area contributed by atoms with E-state index < -0.39 is 9.85 Å². The van der Waals surface area contributed by atoms with Gasteiger partial charge in [0.05, 0.1) is 23.1 Å². The van der Waals surface area contributed by atoms with Gasteiger partial charge >= 0.3 is 11.4 Å². The Labute approximate surface area is 201 Å². The first-order chi connectivity index (χ1) is 16.5. The second kappa shape index (κ2) is 15.1. The van der Waals surface area contributed by atoms with E-state index in [1.807, 2.05) is 0 Å². The van der Waals surface area contributed by atoms with Crippen molar-refractivity contribution in [3.05, 3.63) is 44.5 Å². The van der Waals surface area contributed by atoms with E-state index in [4.69, 9.17) is 9.47 Å². The van der Waals surface area contributed by atoms with Crippen LogP contribution in [0.3, 0.4) is 0 Å². The Morgan fingerprint density at radius 1 is 0.588 bits per heavy atom. The topological polar surface area (TPSA) is 105 Å². The molecule has 34 heavy (non-hydrogen) atoms. The van der Waals surface area contributed by atoms with Crippen LogP contribution in [0.25, 0.3) is 10.8 Å². The summed E-state index contributed by atoms with van der Waals surface area (Å²) in [5.74, 6) is 0.364. The molecule has 0 amide bonds. The van der Waals surface area contributed by atoms with Gasteiger partial charge in [-0.2, -0.15) is 0 Å². The number of hydrogen-bond donors (Lipinski definition) is 0. The molecule has 0 saturated carbocycles. The molecular weight excluding hydrogens is 436 g/mol. The van der Waals surface area contributed by atoms with Crippen molar-refractivity contribution in [3.8, 4) is 11.5 Å². The molecule has 0 N–H and O–H groups in total. The maximum absolute atomic E-state index is 11.6. The fourth-order valence-electron chi connectivity index (χ4n) is 3.93. The van der Waals surface area contributed by atoms with Gasteiger partial charge in [0.2, 0.25) is 0 Å². The van der Waals surface area contributed by atoms with E-state index >= 15 is 0 Å². The van der Waals surface area contributed by atoms with Gasteiger partial charge in [0.15, 0.2) is 11.5 Å². The Bertz CT molecular complexity index is 860. The van der Waals surface area contributed by atoms with Gasteiger partial charge in [-0.05, 0) is 35.7 Å². The summed E-state index contributed by atoms with van der Waals surface area (Å²) in [6, 6.07) is 5.87. The molecule has 0 fully saturated rings. The summed E-state index contributed by atoms with van der Waals surface area (Å²) in [7, 11) is 0. The quantitative estimate of drug-likeness (QED) is 0.123. The predicted octanol–water partition coefficient (Wildman–Crippen LogP) is 8.13. The molecule has 0 aliphatic carbocycles. The molecule has 0 spiro atoms. The fourth-order valence-corrected chi connectivity index (χ4v) is 3.93. The molecule has 2 rings (SSSR count). The average molecular weight is 475 g/mol. The lowest BCUT2D eigenvalue weighted by molar-refractivity contribution is -0.386. The molecule has 8 heteroatoms. The molecule has 0 radical (unpaired) electrons. The standard InChI is InChI=1S/C26H38N2O6/c1-3-5-7-9-11-13-15-33-25-19-22-20-26(34-16-14-12-10-8-6-4-2)24(28(31)32)18-21(22)17-23(25)27(29)30/h17-20H,3-16H2,1-2H3. The number of hydrogen-bond acceptors (Lipinski definition) is 6. The summed E-state index contributed by atoms with van der Waals surface area (Å²) in [6.45, 7) is 5.13. The number of nitro benzene ring substituents is 2. The van der Waals surface area contributed by atoms with Crippen molar-refractivity contribution < 1.29 is 19.3 Å². The fraction of sp³-hybridized carbons (Fsp3) is 0.615. The van der Waals surface area contributed by atoms with E-state index in [2.05, 4.69) is 13.8 Å². The Kier molecular flexibility index (Phi) is 12.1. The van der Waals surface area contributed by atoms with Crippen LogP contribution in [0.15, 0.2) is 24.3 Å². The first kappa shape index (κ1) is 27.3. The van der Waals surface area contributed by atoms with Crippen molar-refractivity contribution >= 4 is 22.1 Å². The molecule has 0 bridgehead atoms. The van der Waals surface area contributed by atoms with Crippen LogP contribution in [0.5, 0.6) is 11.5 Å². The van der Waals surface area contributed by atoms with Crippen LogP contribution < -0.4 is 9.47 Å². The van der Waals surface area contributed by atoms with Gasteiger partial charge in [0.1, 0.15) is 0 Å². The van der Waals surface area contributed by atoms with Crippen LogP contribution >= 0.6 is 0 Å². The molecule has 0 atom stereocenters. The van der Waals surface area contributed by atoms with Crippen molar-refractivity contribution in [1.29, 1.82) is 0 Å². The zero-order chi connectivity index (χ0) is 24.8. The third kappa shape index (κ3) is 8.80. The van der Waals surface area contributed by atoms with Crippen LogP contribution in [-0.4, -0.2) is 23.1 Å². The Morgan fingerprint density at radius 2 is 0.941 bits per heavy atom. The van der Waals surface area contributed by atoms with Crippen LogP contribution in [0.4, 0.5) is 11.4 Å². The van der Waals surface area contributed by atoms with Crippen LogP contribution in [0.1, 0.15) is 90.9 Å². The van der Waals surface area contributed by atoms with Gasteiger partial charge in [-0.15, -0.1) is 0 Å². The monoisotopic (exact) mass is 474 g/mol. The summed E-state index contributed by atoms with van der Waals surface area (Å²) in [5, 5.41) is 24.2. The molecule has 2 aromatic carbocycles.